The summed E-state index contributed by atoms with van der Waals surface area (Å²) in [5.74, 6) is 2.89. The molecule has 3 aromatic rings. The van der Waals surface area contributed by atoms with E-state index >= 15 is 0 Å². The van der Waals surface area contributed by atoms with Crippen LogP contribution >= 0.6 is 11.8 Å². The van der Waals surface area contributed by atoms with Crippen LogP contribution in [0.25, 0.3) is 0 Å². The molecule has 156 valence electrons. The number of carbonyl (C=O) groups excluding carboxylic acids is 1. The number of aromatic nitrogens is 4. The lowest BCUT2D eigenvalue weighted by Gasteiger charge is -2.14. The van der Waals surface area contributed by atoms with Gasteiger partial charge in [-0.15, -0.1) is 0 Å². The van der Waals surface area contributed by atoms with Gasteiger partial charge in [0.15, 0.2) is 22.6 Å². The Bertz CT molecular complexity index is 1050. The van der Waals surface area contributed by atoms with Crippen molar-refractivity contribution in [3.63, 3.8) is 0 Å². The molecule has 1 aromatic carbocycles. The van der Waals surface area contributed by atoms with E-state index in [0.717, 1.165) is 29.0 Å². The highest BCUT2D eigenvalue weighted by Gasteiger charge is 2.29. The van der Waals surface area contributed by atoms with Crippen molar-refractivity contribution >= 4 is 35.0 Å². The van der Waals surface area contributed by atoms with Crippen molar-refractivity contribution < 1.29 is 9.53 Å². The van der Waals surface area contributed by atoms with Crippen LogP contribution in [0.3, 0.4) is 0 Å². The van der Waals surface area contributed by atoms with Gasteiger partial charge in [0.05, 0.1) is 7.11 Å². The zero-order valence-electron chi connectivity index (χ0n) is 17.2. The van der Waals surface area contributed by atoms with Crippen molar-refractivity contribution in [3.05, 3.63) is 41.6 Å². The van der Waals surface area contributed by atoms with E-state index < -0.39 is 0 Å². The number of rotatable bonds is 9. The minimum atomic E-state index is 0.288. The van der Waals surface area contributed by atoms with Gasteiger partial charge in [-0.3, -0.25) is 9.89 Å². The Hall–Kier alpha value is -3.07. The molecular weight excluding hydrogens is 400 g/mol. The van der Waals surface area contributed by atoms with Crippen molar-refractivity contribution in [2.75, 3.05) is 24.8 Å². The largest absolute Gasteiger partial charge is 0.490 e. The minimum absolute atomic E-state index is 0.288. The van der Waals surface area contributed by atoms with Crippen LogP contribution in [0.1, 0.15) is 24.1 Å². The number of ketones is 1. The Morgan fingerprint density at radius 2 is 1.97 bits per heavy atom. The number of H-pyrrole nitrogens is 1. The van der Waals surface area contributed by atoms with E-state index in [0.29, 0.717) is 40.6 Å². The van der Waals surface area contributed by atoms with Crippen molar-refractivity contribution in [2.45, 2.75) is 36.2 Å². The van der Waals surface area contributed by atoms with Crippen LogP contribution in [0.4, 0.5) is 17.5 Å². The third-order valence-electron chi connectivity index (χ3n) is 4.78. The number of carbonyl (C=O) groups is 1. The lowest BCUT2D eigenvalue weighted by molar-refractivity contribution is -0.119. The van der Waals surface area contributed by atoms with E-state index in [1.54, 1.807) is 14.2 Å². The molecule has 1 saturated carbocycles. The topological polar surface area (TPSA) is 105 Å². The quantitative estimate of drug-likeness (QED) is 0.443. The Kier molecular flexibility index (Phi) is 5.89. The highest BCUT2D eigenvalue weighted by Crippen LogP contribution is 2.36. The fourth-order valence-electron chi connectivity index (χ4n) is 3.06. The molecule has 0 spiro atoms. The van der Waals surface area contributed by atoms with Gasteiger partial charge in [-0.05, 0) is 49.2 Å². The number of hydrogen-bond acceptors (Lipinski definition) is 8. The second kappa shape index (κ2) is 8.74. The van der Waals surface area contributed by atoms with Gasteiger partial charge < -0.3 is 15.4 Å². The summed E-state index contributed by atoms with van der Waals surface area (Å²) in [7, 11) is 3.36. The predicted octanol–water partition coefficient (Wildman–Crippen LogP) is 3.97. The van der Waals surface area contributed by atoms with Crippen molar-refractivity contribution in [2.24, 2.45) is 5.92 Å². The Labute approximate surface area is 179 Å². The van der Waals surface area contributed by atoms with E-state index in [-0.39, 0.29) is 5.92 Å². The zero-order chi connectivity index (χ0) is 21.1. The molecule has 0 radical (unpaired) electrons. The lowest BCUT2D eigenvalue weighted by atomic mass is 10.1. The van der Waals surface area contributed by atoms with Crippen LogP contribution in [-0.4, -0.2) is 40.1 Å². The molecule has 1 fully saturated rings. The molecule has 8 nitrogen and oxygen atoms in total. The van der Waals surface area contributed by atoms with Gasteiger partial charge in [-0.1, -0.05) is 12.1 Å². The van der Waals surface area contributed by atoms with Crippen LogP contribution in [0.2, 0.25) is 0 Å². The van der Waals surface area contributed by atoms with Gasteiger partial charge in [-0.2, -0.15) is 5.10 Å². The smallest absolute Gasteiger partial charge is 0.204 e. The van der Waals surface area contributed by atoms with Crippen LogP contribution in [-0.2, 0) is 11.2 Å². The minimum Gasteiger partial charge on any atom is -0.490 e. The highest BCUT2D eigenvalue weighted by atomic mass is 32.2. The van der Waals surface area contributed by atoms with E-state index in [2.05, 4.69) is 30.8 Å². The molecule has 0 amide bonds. The van der Waals surface area contributed by atoms with Gasteiger partial charge in [0.2, 0.25) is 5.75 Å². The van der Waals surface area contributed by atoms with Crippen molar-refractivity contribution in [1.29, 1.82) is 0 Å². The molecule has 0 unspecified atom stereocenters. The van der Waals surface area contributed by atoms with Gasteiger partial charge in [0.1, 0.15) is 5.78 Å². The Balaban J connectivity index is 1.54. The predicted molar refractivity (Wildman–Crippen MR) is 117 cm³/mol. The number of ether oxygens (including phenoxy) is 1. The Morgan fingerprint density at radius 3 is 2.57 bits per heavy atom. The first-order chi connectivity index (χ1) is 14.6. The van der Waals surface area contributed by atoms with E-state index in [4.69, 9.17) is 4.74 Å². The first-order valence-electron chi connectivity index (χ1n) is 9.78. The second-order valence-electron chi connectivity index (χ2n) is 7.21. The highest BCUT2D eigenvalue weighted by molar-refractivity contribution is 7.99. The summed E-state index contributed by atoms with van der Waals surface area (Å²) in [5.41, 5.74) is 1.98. The molecule has 30 heavy (non-hydrogen) atoms. The van der Waals surface area contributed by atoms with Crippen LogP contribution in [0.15, 0.2) is 40.4 Å². The summed E-state index contributed by atoms with van der Waals surface area (Å²) < 4.78 is 5.50. The van der Waals surface area contributed by atoms with E-state index in [1.807, 2.05) is 37.3 Å². The molecule has 3 N–H and O–H groups in total. The molecule has 2 heterocycles. The molecule has 1 aliphatic carbocycles. The van der Waals surface area contributed by atoms with Crippen LogP contribution < -0.4 is 15.4 Å². The fourth-order valence-corrected chi connectivity index (χ4v) is 3.81. The molecule has 0 aliphatic heterocycles. The molecule has 0 bridgehead atoms. The normalized spacial score (nSPS) is 13.2. The Morgan fingerprint density at radius 1 is 1.23 bits per heavy atom. The summed E-state index contributed by atoms with van der Waals surface area (Å²) in [5, 5.41) is 13.9. The van der Waals surface area contributed by atoms with Crippen LogP contribution in [0, 0.1) is 12.8 Å². The number of aromatic amines is 1. The summed E-state index contributed by atoms with van der Waals surface area (Å²) >= 11 is 1.44. The van der Waals surface area contributed by atoms with E-state index in [9.17, 15) is 4.79 Å². The monoisotopic (exact) mass is 424 g/mol. The van der Waals surface area contributed by atoms with Crippen molar-refractivity contribution in [3.8, 4) is 5.75 Å². The lowest BCUT2D eigenvalue weighted by Crippen LogP contribution is -2.05. The van der Waals surface area contributed by atoms with Gasteiger partial charge in [-0.25, -0.2) is 9.97 Å². The zero-order valence-corrected chi connectivity index (χ0v) is 18.0. The van der Waals surface area contributed by atoms with E-state index in [1.165, 1.54) is 11.8 Å². The molecule has 1 aliphatic rings. The standard InChI is InChI=1S/C21H24N6O2S/c1-12-10-17(27-26-12)23-20-18(29-3)19(22-2)24-21(25-20)30-15-8-4-13(5-9-15)11-16(28)14-6-7-14/h4-5,8-10,14H,6-7,11H2,1-3H3,(H3,22,23,24,25,26,27). The number of Topliss-reactive ketones (excluding diaryl/α,β-unsaturated/α-hetero) is 1. The average Bonchev–Trinajstić information content (AvgIpc) is 3.52. The first kappa shape index (κ1) is 20.2. The number of benzene rings is 1. The molecule has 0 saturated heterocycles. The molecule has 0 atom stereocenters. The summed E-state index contributed by atoms with van der Waals surface area (Å²) in [6.45, 7) is 1.93. The maximum Gasteiger partial charge on any atom is 0.204 e. The third kappa shape index (κ3) is 4.73. The van der Waals surface area contributed by atoms with Crippen molar-refractivity contribution in [1.82, 2.24) is 20.2 Å². The number of hydrogen-bond donors (Lipinski definition) is 3. The number of nitrogens with one attached hydrogen (secondary N) is 3. The first-order valence-corrected chi connectivity index (χ1v) is 10.6. The molecule has 2 aromatic heterocycles. The second-order valence-corrected chi connectivity index (χ2v) is 8.25. The average molecular weight is 425 g/mol. The maximum atomic E-state index is 12.0. The van der Waals surface area contributed by atoms with Gasteiger partial charge >= 0.3 is 0 Å². The number of nitrogens with zero attached hydrogens (tertiary/aromatic N) is 3. The van der Waals surface area contributed by atoms with Gasteiger partial charge in [0.25, 0.3) is 0 Å². The number of aryl methyl sites for hydroxylation is 1. The molecule has 9 heteroatoms. The number of methoxy groups -OCH3 is 1. The van der Waals surface area contributed by atoms with Gasteiger partial charge in [0, 0.05) is 36.0 Å². The summed E-state index contributed by atoms with van der Waals surface area (Å²) in [4.78, 5) is 22.2. The molecular formula is C21H24N6O2S. The SMILES string of the molecule is CNc1nc(Sc2ccc(CC(=O)C3CC3)cc2)nc(Nc2cc(C)[nH]n2)c1OC. The maximum absolute atomic E-state index is 12.0. The van der Waals surface area contributed by atoms with Crippen LogP contribution in [0.5, 0.6) is 5.75 Å². The fraction of sp³-hybridized carbons (Fsp3) is 0.333. The number of anilines is 3. The molecule has 4 rings (SSSR count). The third-order valence-corrected chi connectivity index (χ3v) is 5.65. The summed E-state index contributed by atoms with van der Waals surface area (Å²) in [6.07, 6.45) is 2.60. The summed E-state index contributed by atoms with van der Waals surface area (Å²) in [6, 6.07) is 9.87.